The topological polar surface area (TPSA) is 77.1 Å². The van der Waals surface area contributed by atoms with Crippen LogP contribution in [0.2, 0.25) is 5.02 Å². The van der Waals surface area contributed by atoms with Crippen LogP contribution >= 0.6 is 11.6 Å². The van der Waals surface area contributed by atoms with Gasteiger partial charge in [-0.25, -0.2) is 4.79 Å². The summed E-state index contributed by atoms with van der Waals surface area (Å²) in [6, 6.07) is 5.03. The fourth-order valence-corrected chi connectivity index (χ4v) is 3.81. The van der Waals surface area contributed by atoms with Crippen molar-refractivity contribution in [3.8, 4) is 0 Å². The smallest absolute Gasteiger partial charge is 0.444 e. The highest BCUT2D eigenvalue weighted by molar-refractivity contribution is 6.65. The lowest BCUT2D eigenvalue weighted by atomic mass is 9.78. The molecule has 3 rings (SSSR count). The van der Waals surface area contributed by atoms with Gasteiger partial charge in [-0.1, -0.05) is 17.7 Å². The third-order valence-corrected chi connectivity index (χ3v) is 6.28. The first-order chi connectivity index (χ1) is 14.2. The maximum absolute atomic E-state index is 13.0. The van der Waals surface area contributed by atoms with Gasteiger partial charge >= 0.3 is 13.2 Å². The third-order valence-electron chi connectivity index (χ3n) is 5.95. The summed E-state index contributed by atoms with van der Waals surface area (Å²) in [6.07, 6.45) is 0.201. The van der Waals surface area contributed by atoms with E-state index in [0.717, 1.165) is 0 Å². The summed E-state index contributed by atoms with van der Waals surface area (Å²) in [5.41, 5.74) is -0.318. The van der Waals surface area contributed by atoms with E-state index in [0.29, 0.717) is 35.6 Å². The minimum Gasteiger partial charge on any atom is -0.444 e. The number of carbonyl (C=O) groups is 2. The second-order valence-corrected chi connectivity index (χ2v) is 10.6. The highest BCUT2D eigenvalue weighted by Crippen LogP contribution is 2.37. The maximum atomic E-state index is 13.0. The van der Waals surface area contributed by atoms with Gasteiger partial charge in [0.25, 0.3) is 5.91 Å². The van der Waals surface area contributed by atoms with Crippen LogP contribution in [0.3, 0.4) is 0 Å². The molecule has 0 bridgehead atoms. The largest absolute Gasteiger partial charge is 0.496 e. The molecule has 1 aromatic rings. The minimum absolute atomic E-state index is 0.129. The van der Waals surface area contributed by atoms with Crippen LogP contribution in [0, 0.1) is 0 Å². The molecule has 2 saturated heterocycles. The zero-order chi connectivity index (χ0) is 23.2. The lowest BCUT2D eigenvalue weighted by molar-refractivity contribution is 0.00578. The van der Waals surface area contributed by atoms with E-state index in [9.17, 15) is 9.59 Å². The Kier molecular flexibility index (Phi) is 6.40. The molecule has 0 aromatic heterocycles. The van der Waals surface area contributed by atoms with Gasteiger partial charge in [0.1, 0.15) is 5.60 Å². The van der Waals surface area contributed by atoms with Crippen LogP contribution in [0.1, 0.15) is 65.2 Å². The summed E-state index contributed by atoms with van der Waals surface area (Å²) in [5.74, 6) is -0.129. The molecular formula is C22H32BClN2O5. The molecule has 2 heterocycles. The lowest BCUT2D eigenvalue weighted by Crippen LogP contribution is -2.41. The summed E-state index contributed by atoms with van der Waals surface area (Å²) in [4.78, 5) is 26.7. The number of hydrogen-bond donors (Lipinski definition) is 1. The van der Waals surface area contributed by atoms with Gasteiger partial charge in [-0.2, -0.15) is 0 Å². The Morgan fingerprint density at radius 2 is 1.81 bits per heavy atom. The van der Waals surface area contributed by atoms with Crippen LogP contribution in [0.5, 0.6) is 0 Å². The molecule has 1 aromatic carbocycles. The summed E-state index contributed by atoms with van der Waals surface area (Å²) >= 11 is 6.50. The van der Waals surface area contributed by atoms with Gasteiger partial charge in [0, 0.05) is 29.1 Å². The number of benzene rings is 1. The van der Waals surface area contributed by atoms with Gasteiger partial charge in [-0.3, -0.25) is 4.79 Å². The molecule has 0 radical (unpaired) electrons. The fourth-order valence-electron chi connectivity index (χ4n) is 3.54. The van der Waals surface area contributed by atoms with Gasteiger partial charge in [0.15, 0.2) is 0 Å². The molecule has 0 spiro atoms. The van der Waals surface area contributed by atoms with Gasteiger partial charge in [-0.05, 0) is 67.0 Å². The third kappa shape index (κ3) is 5.36. The van der Waals surface area contributed by atoms with Crippen molar-refractivity contribution in [2.75, 3.05) is 13.1 Å². The number of hydrogen-bond acceptors (Lipinski definition) is 5. The van der Waals surface area contributed by atoms with Gasteiger partial charge in [0.05, 0.1) is 17.2 Å². The molecule has 2 amide bonds. The predicted molar refractivity (Wildman–Crippen MR) is 121 cm³/mol. The Labute approximate surface area is 189 Å². The van der Waals surface area contributed by atoms with Gasteiger partial charge < -0.3 is 24.3 Å². The SMILES string of the molecule is CC(C)(C)OC(=O)NC1CCN(C(=O)c2ccc(B3OC(C)(C)C(C)(C)O3)c(Cl)c2)C1. The lowest BCUT2D eigenvalue weighted by Gasteiger charge is -2.32. The van der Waals surface area contributed by atoms with E-state index >= 15 is 0 Å². The highest BCUT2D eigenvalue weighted by atomic mass is 35.5. The van der Waals surface area contributed by atoms with Gasteiger partial charge in [-0.15, -0.1) is 0 Å². The Hall–Kier alpha value is -1.77. The summed E-state index contributed by atoms with van der Waals surface area (Å²) < 4.78 is 17.4. The summed E-state index contributed by atoms with van der Waals surface area (Å²) in [5, 5.41) is 3.25. The first-order valence-corrected chi connectivity index (χ1v) is 11.0. The van der Waals surface area contributed by atoms with E-state index in [2.05, 4.69) is 5.32 Å². The monoisotopic (exact) mass is 450 g/mol. The Morgan fingerprint density at radius 3 is 2.35 bits per heavy atom. The molecule has 0 saturated carbocycles. The zero-order valence-corrected chi connectivity index (χ0v) is 20.1. The molecule has 1 N–H and O–H groups in total. The molecule has 170 valence electrons. The van der Waals surface area contributed by atoms with E-state index in [-0.39, 0.29) is 11.9 Å². The molecule has 31 heavy (non-hydrogen) atoms. The highest BCUT2D eigenvalue weighted by Gasteiger charge is 2.52. The van der Waals surface area contributed by atoms with E-state index in [1.807, 2.05) is 48.5 Å². The number of ether oxygens (including phenoxy) is 1. The van der Waals surface area contributed by atoms with Crippen molar-refractivity contribution >= 4 is 36.2 Å². The number of carbonyl (C=O) groups excluding carboxylic acids is 2. The van der Waals surface area contributed by atoms with Crippen LogP contribution in [0.25, 0.3) is 0 Å². The Balaban J connectivity index is 1.63. The van der Waals surface area contributed by atoms with Crippen LogP contribution in [-0.4, -0.2) is 60.0 Å². The average Bonchev–Trinajstić information content (AvgIpc) is 3.14. The number of amides is 2. The van der Waals surface area contributed by atoms with Crippen molar-refractivity contribution < 1.29 is 23.6 Å². The normalized spacial score (nSPS) is 22.5. The van der Waals surface area contributed by atoms with Crippen molar-refractivity contribution in [1.82, 2.24) is 10.2 Å². The standard InChI is InChI=1S/C22H32BClN2O5/c1-20(2,3)29-19(28)25-15-10-11-26(13-15)18(27)14-8-9-16(17(24)12-14)23-30-21(4,5)22(6,7)31-23/h8-9,12,15H,10-11,13H2,1-7H3,(H,25,28). The van der Waals surface area contributed by atoms with Gasteiger partial charge in [0.2, 0.25) is 0 Å². The van der Waals surface area contributed by atoms with Crippen molar-refractivity contribution in [1.29, 1.82) is 0 Å². The van der Waals surface area contributed by atoms with Crippen molar-refractivity contribution in [2.24, 2.45) is 0 Å². The van der Waals surface area contributed by atoms with Crippen LogP contribution in [0.15, 0.2) is 18.2 Å². The molecule has 1 atom stereocenters. The Bertz CT molecular complexity index is 852. The number of likely N-dealkylation sites (tertiary alicyclic amines) is 1. The summed E-state index contributed by atoms with van der Waals surface area (Å²) in [7, 11) is -0.587. The molecule has 7 nitrogen and oxygen atoms in total. The molecule has 9 heteroatoms. The molecule has 1 unspecified atom stereocenters. The van der Waals surface area contributed by atoms with Crippen LogP contribution in [-0.2, 0) is 14.0 Å². The molecule has 0 aliphatic carbocycles. The zero-order valence-electron chi connectivity index (χ0n) is 19.4. The average molecular weight is 451 g/mol. The van der Waals surface area contributed by atoms with E-state index < -0.39 is 30.0 Å². The van der Waals surface area contributed by atoms with Crippen LogP contribution < -0.4 is 10.8 Å². The van der Waals surface area contributed by atoms with E-state index in [1.54, 1.807) is 23.1 Å². The Morgan fingerprint density at radius 1 is 1.19 bits per heavy atom. The van der Waals surface area contributed by atoms with Crippen LogP contribution in [0.4, 0.5) is 4.79 Å². The van der Waals surface area contributed by atoms with Crippen molar-refractivity contribution in [3.63, 3.8) is 0 Å². The first kappa shape index (κ1) is 23.9. The fraction of sp³-hybridized carbons (Fsp3) is 0.636. The quantitative estimate of drug-likeness (QED) is 0.714. The van der Waals surface area contributed by atoms with Crippen molar-refractivity contribution in [3.05, 3.63) is 28.8 Å². The number of nitrogens with one attached hydrogen (secondary N) is 1. The predicted octanol–water partition coefficient (Wildman–Crippen LogP) is 3.38. The number of rotatable bonds is 3. The molecule has 2 aliphatic rings. The number of nitrogens with zero attached hydrogens (tertiary/aromatic N) is 1. The second-order valence-electron chi connectivity index (χ2n) is 10.2. The molecular weight excluding hydrogens is 419 g/mol. The second kappa shape index (κ2) is 8.30. The van der Waals surface area contributed by atoms with E-state index in [1.165, 1.54) is 0 Å². The summed E-state index contributed by atoms with van der Waals surface area (Å²) in [6.45, 7) is 14.3. The first-order valence-electron chi connectivity index (χ1n) is 10.6. The molecule has 2 fully saturated rings. The number of halogens is 1. The minimum atomic E-state index is -0.587. The van der Waals surface area contributed by atoms with E-state index in [4.69, 9.17) is 25.6 Å². The van der Waals surface area contributed by atoms with Crippen molar-refractivity contribution in [2.45, 2.75) is 77.7 Å². The number of alkyl carbamates (subject to hydrolysis) is 1. The molecule has 2 aliphatic heterocycles. The maximum Gasteiger partial charge on any atom is 0.496 e.